The highest BCUT2D eigenvalue weighted by molar-refractivity contribution is 7.92. The lowest BCUT2D eigenvalue weighted by Crippen LogP contribution is -2.52. The molecular formula is C30H41N3O6S. The number of fused-ring (bicyclic) bond motifs is 1. The van der Waals surface area contributed by atoms with Gasteiger partial charge >= 0.3 is 0 Å². The van der Waals surface area contributed by atoms with Gasteiger partial charge < -0.3 is 19.7 Å². The lowest BCUT2D eigenvalue weighted by atomic mass is 9.95. The average molecular weight is 572 g/mol. The predicted octanol–water partition coefficient (Wildman–Crippen LogP) is 4.26. The third-order valence-corrected chi connectivity index (χ3v) is 8.81. The molecule has 2 aromatic rings. The van der Waals surface area contributed by atoms with Crippen LogP contribution in [0.1, 0.15) is 63.9 Å². The highest BCUT2D eigenvalue weighted by Crippen LogP contribution is 2.36. The van der Waals surface area contributed by atoms with E-state index >= 15 is 0 Å². The van der Waals surface area contributed by atoms with Gasteiger partial charge in [-0.15, -0.1) is 0 Å². The molecule has 10 heteroatoms. The number of ether oxygens (including phenoxy) is 2. The lowest BCUT2D eigenvalue weighted by molar-refractivity contribution is -0.141. The molecule has 2 aliphatic rings. The van der Waals surface area contributed by atoms with Gasteiger partial charge in [0.2, 0.25) is 28.6 Å². The maximum absolute atomic E-state index is 13.6. The van der Waals surface area contributed by atoms with Crippen LogP contribution < -0.4 is 19.1 Å². The molecule has 2 amide bonds. The standard InChI is InChI=1S/C30H41N3O6S/c1-3-26(30(35)31-24-13-8-5-9-14-24)32(20-18-23-11-6-4-7-12-23)29(34)15-10-19-33(40(2,36)37)25-16-17-27-28(21-25)39-22-38-27/h4,6-7,11-12,16-17,21,24,26H,3,5,8-10,13-15,18-20,22H2,1-2H3,(H,31,35). The summed E-state index contributed by atoms with van der Waals surface area (Å²) in [6.45, 7) is 2.57. The molecule has 2 aromatic carbocycles. The number of carbonyl (C=O) groups is 2. The molecule has 1 aliphatic heterocycles. The van der Waals surface area contributed by atoms with E-state index in [1.54, 1.807) is 23.1 Å². The highest BCUT2D eigenvalue weighted by Gasteiger charge is 2.30. The number of carbonyl (C=O) groups excluding carboxylic acids is 2. The fourth-order valence-electron chi connectivity index (χ4n) is 5.48. The molecule has 4 rings (SSSR count). The Morgan fingerprint density at radius 2 is 1.73 bits per heavy atom. The normalized spacial score (nSPS) is 15.8. The molecule has 1 aliphatic carbocycles. The Kier molecular flexibility index (Phi) is 10.3. The Hall–Kier alpha value is -3.27. The van der Waals surface area contributed by atoms with E-state index in [1.807, 2.05) is 37.3 Å². The number of sulfonamides is 1. The van der Waals surface area contributed by atoms with E-state index in [9.17, 15) is 18.0 Å². The van der Waals surface area contributed by atoms with Gasteiger partial charge in [0.05, 0.1) is 11.9 Å². The second kappa shape index (κ2) is 13.9. The van der Waals surface area contributed by atoms with E-state index in [-0.39, 0.29) is 37.6 Å². The van der Waals surface area contributed by atoms with Gasteiger partial charge in [-0.2, -0.15) is 0 Å². The number of nitrogens with zero attached hydrogens (tertiary/aromatic N) is 2. The van der Waals surface area contributed by atoms with Crippen molar-refractivity contribution in [3.63, 3.8) is 0 Å². The molecule has 1 saturated carbocycles. The van der Waals surface area contributed by atoms with Crippen molar-refractivity contribution in [3.05, 3.63) is 54.1 Å². The molecule has 0 spiro atoms. The number of hydrogen-bond acceptors (Lipinski definition) is 6. The summed E-state index contributed by atoms with van der Waals surface area (Å²) in [5, 5.41) is 3.20. The summed E-state index contributed by atoms with van der Waals surface area (Å²) in [4.78, 5) is 28.7. The van der Waals surface area contributed by atoms with Gasteiger partial charge in [0.15, 0.2) is 11.5 Å². The van der Waals surface area contributed by atoms with Crippen LogP contribution >= 0.6 is 0 Å². The van der Waals surface area contributed by atoms with E-state index in [2.05, 4.69) is 5.32 Å². The van der Waals surface area contributed by atoms with Crippen molar-refractivity contribution in [1.82, 2.24) is 10.2 Å². The van der Waals surface area contributed by atoms with Crippen molar-refractivity contribution < 1.29 is 27.5 Å². The quantitative estimate of drug-likeness (QED) is 0.385. The van der Waals surface area contributed by atoms with Crippen LogP contribution in [0.25, 0.3) is 0 Å². The maximum Gasteiger partial charge on any atom is 0.243 e. The van der Waals surface area contributed by atoms with Crippen LogP contribution in [0.4, 0.5) is 5.69 Å². The fourth-order valence-corrected chi connectivity index (χ4v) is 6.44. The van der Waals surface area contributed by atoms with Gasteiger partial charge in [0.25, 0.3) is 0 Å². The van der Waals surface area contributed by atoms with Gasteiger partial charge in [-0.1, -0.05) is 56.5 Å². The Labute approximate surface area is 237 Å². The third-order valence-electron chi connectivity index (χ3n) is 7.62. The number of rotatable bonds is 13. The zero-order valence-corrected chi connectivity index (χ0v) is 24.3. The highest BCUT2D eigenvalue weighted by atomic mass is 32.2. The first-order chi connectivity index (χ1) is 19.3. The zero-order chi connectivity index (χ0) is 28.5. The molecule has 0 bridgehead atoms. The van der Waals surface area contributed by atoms with E-state index in [4.69, 9.17) is 9.47 Å². The first kappa shape index (κ1) is 29.7. The van der Waals surface area contributed by atoms with Gasteiger partial charge in [0, 0.05) is 31.6 Å². The summed E-state index contributed by atoms with van der Waals surface area (Å²) in [6, 6.07) is 14.5. The Morgan fingerprint density at radius 1 is 1.00 bits per heavy atom. The molecule has 0 aromatic heterocycles. The van der Waals surface area contributed by atoms with Crippen LogP contribution in [-0.4, -0.2) is 63.4 Å². The van der Waals surface area contributed by atoms with Crippen molar-refractivity contribution in [2.24, 2.45) is 0 Å². The van der Waals surface area contributed by atoms with Crippen LogP contribution in [0.2, 0.25) is 0 Å². The van der Waals surface area contributed by atoms with Crippen LogP contribution in [0.3, 0.4) is 0 Å². The number of anilines is 1. The van der Waals surface area contributed by atoms with E-state index in [0.717, 1.165) is 37.5 Å². The van der Waals surface area contributed by atoms with Crippen molar-refractivity contribution in [3.8, 4) is 11.5 Å². The average Bonchev–Trinajstić information content (AvgIpc) is 3.41. The zero-order valence-electron chi connectivity index (χ0n) is 23.5. The largest absolute Gasteiger partial charge is 0.454 e. The molecule has 0 radical (unpaired) electrons. The van der Waals surface area contributed by atoms with E-state index in [0.29, 0.717) is 43.0 Å². The van der Waals surface area contributed by atoms with Crippen molar-refractivity contribution in [2.45, 2.75) is 76.8 Å². The topological polar surface area (TPSA) is 105 Å². The molecule has 1 atom stereocenters. The van der Waals surface area contributed by atoms with Crippen LogP contribution in [0.15, 0.2) is 48.5 Å². The summed E-state index contributed by atoms with van der Waals surface area (Å²) in [7, 11) is -3.60. The molecule has 1 fully saturated rings. The van der Waals surface area contributed by atoms with Crippen LogP contribution in [0, 0.1) is 0 Å². The Bertz CT molecular complexity index is 1250. The van der Waals surface area contributed by atoms with Crippen molar-refractivity contribution in [2.75, 3.05) is 30.4 Å². The number of nitrogens with one attached hydrogen (secondary N) is 1. The van der Waals surface area contributed by atoms with Crippen molar-refractivity contribution in [1.29, 1.82) is 0 Å². The first-order valence-electron chi connectivity index (χ1n) is 14.3. The second-order valence-corrected chi connectivity index (χ2v) is 12.5. The minimum Gasteiger partial charge on any atom is -0.454 e. The maximum atomic E-state index is 13.6. The van der Waals surface area contributed by atoms with Gasteiger partial charge in [-0.3, -0.25) is 13.9 Å². The van der Waals surface area contributed by atoms with Gasteiger partial charge in [-0.25, -0.2) is 8.42 Å². The molecule has 9 nitrogen and oxygen atoms in total. The van der Waals surface area contributed by atoms with E-state index in [1.165, 1.54) is 10.7 Å². The summed E-state index contributed by atoms with van der Waals surface area (Å²) in [5.41, 5.74) is 1.55. The fraction of sp³-hybridized carbons (Fsp3) is 0.533. The Balaban J connectivity index is 1.44. The summed E-state index contributed by atoms with van der Waals surface area (Å²) >= 11 is 0. The predicted molar refractivity (Wildman–Crippen MR) is 155 cm³/mol. The first-order valence-corrected chi connectivity index (χ1v) is 16.1. The molecule has 1 N–H and O–H groups in total. The molecule has 218 valence electrons. The molecule has 40 heavy (non-hydrogen) atoms. The Morgan fingerprint density at radius 3 is 2.42 bits per heavy atom. The second-order valence-electron chi connectivity index (χ2n) is 10.6. The monoisotopic (exact) mass is 571 g/mol. The van der Waals surface area contributed by atoms with Gasteiger partial charge in [0.1, 0.15) is 6.04 Å². The molecule has 1 heterocycles. The summed E-state index contributed by atoms with van der Waals surface area (Å²) in [5.74, 6) is 0.803. The number of amides is 2. The minimum absolute atomic E-state index is 0.0951. The molecular weight excluding hydrogens is 530 g/mol. The molecule has 1 unspecified atom stereocenters. The van der Waals surface area contributed by atoms with Crippen LogP contribution in [-0.2, 0) is 26.0 Å². The third kappa shape index (κ3) is 7.90. The van der Waals surface area contributed by atoms with E-state index < -0.39 is 16.1 Å². The minimum atomic E-state index is -3.60. The smallest absolute Gasteiger partial charge is 0.243 e. The van der Waals surface area contributed by atoms with Crippen LogP contribution in [0.5, 0.6) is 11.5 Å². The van der Waals surface area contributed by atoms with Crippen molar-refractivity contribution >= 4 is 27.5 Å². The summed E-state index contributed by atoms with van der Waals surface area (Å²) < 4.78 is 37.3. The summed E-state index contributed by atoms with van der Waals surface area (Å²) in [6.07, 6.45) is 8.08. The number of hydrogen-bond donors (Lipinski definition) is 1. The SMILES string of the molecule is CCC(C(=O)NC1CCCCC1)N(CCc1ccccc1)C(=O)CCCN(c1ccc2c(c1)OCO2)S(C)(=O)=O. The lowest BCUT2D eigenvalue weighted by Gasteiger charge is -2.33. The number of benzene rings is 2. The van der Waals surface area contributed by atoms with Gasteiger partial charge in [-0.05, 0) is 49.8 Å². The molecule has 0 saturated heterocycles.